The molecule has 1 aromatic rings. The molecule has 1 rings (SSSR count). The molecule has 102 valence electrons. The molecule has 0 bridgehead atoms. The van der Waals surface area contributed by atoms with Gasteiger partial charge in [0.1, 0.15) is 5.56 Å². The van der Waals surface area contributed by atoms with Gasteiger partial charge < -0.3 is 24.8 Å². The van der Waals surface area contributed by atoms with Gasteiger partial charge in [-0.25, -0.2) is 19.2 Å². The maximum absolute atomic E-state index is 10.3. The van der Waals surface area contributed by atoms with E-state index in [0.29, 0.717) is 12.2 Å². The van der Waals surface area contributed by atoms with E-state index in [-0.39, 0.29) is 5.56 Å². The topological polar surface area (TPSA) is 162 Å². The Balaban J connectivity index is 0.000000362. The van der Waals surface area contributed by atoms with E-state index < -0.39 is 29.6 Å². The van der Waals surface area contributed by atoms with Crippen LogP contribution in [0.25, 0.3) is 0 Å². The van der Waals surface area contributed by atoms with Crippen molar-refractivity contribution < 1.29 is 44.0 Å². The van der Waals surface area contributed by atoms with Crippen LogP contribution >= 0.6 is 0 Å². The van der Waals surface area contributed by atoms with Crippen LogP contribution in [0.15, 0.2) is 28.9 Å². The fourth-order valence-corrected chi connectivity index (χ4v) is 0.786. The summed E-state index contributed by atoms with van der Waals surface area (Å²) in [4.78, 5) is 39.6. The minimum Gasteiger partial charge on any atom is -0.478 e. The van der Waals surface area contributed by atoms with Gasteiger partial charge in [-0.05, 0) is 6.07 Å². The summed E-state index contributed by atoms with van der Waals surface area (Å²) >= 11 is 0. The number of hydrogen-bond acceptors (Lipinski definition) is 5. The molecule has 0 spiro atoms. The molecule has 0 aliphatic carbocycles. The van der Waals surface area contributed by atoms with Crippen molar-refractivity contribution >= 4 is 23.9 Å². The molecule has 0 saturated carbocycles. The maximum atomic E-state index is 10.3. The van der Waals surface area contributed by atoms with E-state index in [0.717, 1.165) is 12.3 Å². The van der Waals surface area contributed by atoms with Gasteiger partial charge in [-0.2, -0.15) is 0 Å². The largest absolute Gasteiger partial charge is 0.478 e. The highest BCUT2D eigenvalue weighted by Crippen LogP contribution is 2.09. The van der Waals surface area contributed by atoms with E-state index in [9.17, 15) is 19.2 Å². The first-order valence-corrected chi connectivity index (χ1v) is 4.43. The first kappa shape index (κ1) is 15.9. The lowest BCUT2D eigenvalue weighted by atomic mass is 10.2. The lowest BCUT2D eigenvalue weighted by Gasteiger charge is -1.88. The van der Waals surface area contributed by atoms with Gasteiger partial charge in [-0.15, -0.1) is 0 Å². The second-order valence-electron chi connectivity index (χ2n) is 2.78. The monoisotopic (exact) mass is 272 g/mol. The molecular formula is C10H8O9. The molecule has 19 heavy (non-hydrogen) atoms. The average Bonchev–Trinajstić information content (AvgIpc) is 2.76. The highest BCUT2D eigenvalue weighted by atomic mass is 16.4. The van der Waals surface area contributed by atoms with Crippen molar-refractivity contribution in [3.63, 3.8) is 0 Å². The number of furan rings is 1. The number of carboxylic acids is 4. The van der Waals surface area contributed by atoms with Gasteiger partial charge in [0.05, 0.1) is 6.26 Å². The minimum absolute atomic E-state index is 0.336. The molecule has 9 nitrogen and oxygen atoms in total. The zero-order chi connectivity index (χ0) is 15.0. The van der Waals surface area contributed by atoms with Gasteiger partial charge in [-0.3, -0.25) is 0 Å². The van der Waals surface area contributed by atoms with E-state index in [4.69, 9.17) is 20.4 Å². The van der Waals surface area contributed by atoms with Crippen LogP contribution < -0.4 is 0 Å². The molecule has 0 atom stereocenters. The summed E-state index contributed by atoms with van der Waals surface area (Å²) < 4.78 is 4.41. The number of aliphatic carboxylic acids is 2. The van der Waals surface area contributed by atoms with Crippen molar-refractivity contribution in [2.45, 2.75) is 0 Å². The van der Waals surface area contributed by atoms with Crippen LogP contribution in [0.4, 0.5) is 0 Å². The summed E-state index contributed by atoms with van der Waals surface area (Å²) in [5.74, 6) is -5.75. The Hall–Kier alpha value is -3.10. The molecule has 0 aliphatic rings. The molecule has 0 aromatic carbocycles. The SMILES string of the molecule is O=C(O)/C=C\C(=O)O.O=C(O)c1ccoc1C(=O)O. The fraction of sp³-hybridized carbons (Fsp3) is 0. The molecule has 0 saturated heterocycles. The predicted octanol–water partition coefficient (Wildman–Crippen LogP) is 0.388. The summed E-state index contributed by atoms with van der Waals surface area (Å²) in [6, 6.07) is 1.09. The molecule has 9 heteroatoms. The Morgan fingerprint density at radius 3 is 1.63 bits per heavy atom. The molecule has 0 aliphatic heterocycles. The van der Waals surface area contributed by atoms with E-state index in [2.05, 4.69) is 4.42 Å². The number of hydrogen-bond donors (Lipinski definition) is 4. The Morgan fingerprint density at radius 2 is 1.37 bits per heavy atom. The van der Waals surface area contributed by atoms with Crippen molar-refractivity contribution in [2.24, 2.45) is 0 Å². The Kier molecular flexibility index (Phi) is 6.08. The third kappa shape index (κ3) is 6.26. The predicted molar refractivity (Wildman–Crippen MR) is 57.0 cm³/mol. The molecule has 0 radical (unpaired) electrons. The van der Waals surface area contributed by atoms with Crippen LogP contribution in [0.2, 0.25) is 0 Å². The van der Waals surface area contributed by atoms with Crippen LogP contribution in [0.5, 0.6) is 0 Å². The molecule has 0 amide bonds. The second-order valence-corrected chi connectivity index (χ2v) is 2.78. The lowest BCUT2D eigenvalue weighted by molar-refractivity contribution is -0.134. The molecule has 1 heterocycles. The fourth-order valence-electron chi connectivity index (χ4n) is 0.786. The molecule has 1 aromatic heterocycles. The van der Waals surface area contributed by atoms with Crippen molar-refractivity contribution in [3.05, 3.63) is 35.8 Å². The van der Waals surface area contributed by atoms with Gasteiger partial charge in [-0.1, -0.05) is 0 Å². The summed E-state index contributed by atoms with van der Waals surface area (Å²) in [6.45, 7) is 0. The smallest absolute Gasteiger partial charge is 0.372 e. The number of carbonyl (C=O) groups is 4. The van der Waals surface area contributed by atoms with Crippen molar-refractivity contribution in [2.75, 3.05) is 0 Å². The van der Waals surface area contributed by atoms with E-state index in [1.54, 1.807) is 0 Å². The van der Waals surface area contributed by atoms with Crippen molar-refractivity contribution in [1.29, 1.82) is 0 Å². The van der Waals surface area contributed by atoms with Crippen LogP contribution in [-0.2, 0) is 9.59 Å². The summed E-state index contributed by atoms with van der Waals surface area (Å²) in [6.07, 6.45) is 2.14. The van der Waals surface area contributed by atoms with Gasteiger partial charge in [0.15, 0.2) is 0 Å². The second kappa shape index (κ2) is 7.27. The van der Waals surface area contributed by atoms with E-state index in [1.165, 1.54) is 0 Å². The number of rotatable bonds is 4. The molecular weight excluding hydrogens is 264 g/mol. The van der Waals surface area contributed by atoms with E-state index in [1.807, 2.05) is 0 Å². The summed E-state index contributed by atoms with van der Waals surface area (Å²) in [5.41, 5.74) is -0.336. The van der Waals surface area contributed by atoms with Gasteiger partial charge >= 0.3 is 23.9 Å². The van der Waals surface area contributed by atoms with Crippen LogP contribution in [-0.4, -0.2) is 44.3 Å². The zero-order valence-corrected chi connectivity index (χ0v) is 9.14. The minimum atomic E-state index is -1.38. The van der Waals surface area contributed by atoms with Crippen LogP contribution in [0.3, 0.4) is 0 Å². The average molecular weight is 272 g/mol. The molecule has 0 unspecified atom stereocenters. The normalized spacial score (nSPS) is 9.47. The van der Waals surface area contributed by atoms with Gasteiger partial charge in [0.2, 0.25) is 5.76 Å². The molecule has 0 fully saturated rings. The van der Waals surface area contributed by atoms with Crippen molar-refractivity contribution in [1.82, 2.24) is 0 Å². The highest BCUT2D eigenvalue weighted by Gasteiger charge is 2.18. The number of carboxylic acid groups (broad SMARTS) is 4. The highest BCUT2D eigenvalue weighted by molar-refractivity contribution is 5.99. The van der Waals surface area contributed by atoms with Crippen molar-refractivity contribution in [3.8, 4) is 0 Å². The maximum Gasteiger partial charge on any atom is 0.372 e. The van der Waals surface area contributed by atoms with Crippen LogP contribution in [0, 0.1) is 0 Å². The zero-order valence-electron chi connectivity index (χ0n) is 9.14. The van der Waals surface area contributed by atoms with Crippen LogP contribution in [0.1, 0.15) is 20.9 Å². The Morgan fingerprint density at radius 1 is 0.895 bits per heavy atom. The Bertz CT molecular complexity index is 478. The third-order valence-corrected chi connectivity index (χ3v) is 1.46. The first-order valence-electron chi connectivity index (χ1n) is 4.43. The summed E-state index contributed by atoms with van der Waals surface area (Å²) in [5, 5.41) is 32.4. The third-order valence-electron chi connectivity index (χ3n) is 1.46. The Labute approximate surface area is 105 Å². The quantitative estimate of drug-likeness (QED) is 0.567. The molecule has 4 N–H and O–H groups in total. The lowest BCUT2D eigenvalue weighted by Crippen LogP contribution is -2.03. The van der Waals surface area contributed by atoms with Gasteiger partial charge in [0.25, 0.3) is 0 Å². The summed E-state index contributed by atoms with van der Waals surface area (Å²) in [7, 11) is 0. The standard InChI is InChI=1S/C6H4O5.C4H4O4/c7-5(8)3-1-2-11-4(3)6(9)10;5-3(6)1-2-4(7)8/h1-2H,(H,7,8)(H,9,10);1-2H,(H,5,6)(H,7,8)/b;2-1-. The number of aromatic carboxylic acids is 2. The van der Waals surface area contributed by atoms with E-state index >= 15 is 0 Å². The first-order chi connectivity index (χ1) is 8.75. The van der Waals surface area contributed by atoms with Gasteiger partial charge in [0, 0.05) is 12.2 Å².